The predicted molar refractivity (Wildman–Crippen MR) is 69.4 cm³/mol. The molecule has 1 aromatic rings. The molecule has 1 aliphatic rings. The summed E-state index contributed by atoms with van der Waals surface area (Å²) in [6, 6.07) is 8.79. The molecule has 3 heteroatoms. The first-order chi connectivity index (χ1) is 8.72. The quantitative estimate of drug-likeness (QED) is 0.814. The maximum Gasteiger partial charge on any atom is 0.123 e. The van der Waals surface area contributed by atoms with Gasteiger partial charge in [0.15, 0.2) is 0 Å². The van der Waals surface area contributed by atoms with Crippen LogP contribution in [0.5, 0.6) is 0 Å². The zero-order chi connectivity index (χ0) is 13.0. The number of nitriles is 1. The van der Waals surface area contributed by atoms with Crippen molar-refractivity contribution in [1.82, 2.24) is 4.90 Å². The Balaban J connectivity index is 2.15. The Morgan fingerprint density at radius 1 is 1.33 bits per heavy atom. The van der Waals surface area contributed by atoms with Crippen molar-refractivity contribution in [2.75, 3.05) is 7.05 Å². The Morgan fingerprint density at radius 2 is 2.06 bits per heavy atom. The van der Waals surface area contributed by atoms with Gasteiger partial charge in [0.25, 0.3) is 0 Å². The Bertz CT molecular complexity index is 432. The summed E-state index contributed by atoms with van der Waals surface area (Å²) in [5.41, 5.74) is 0.755. The molecule has 1 aromatic carbocycles. The van der Waals surface area contributed by atoms with Gasteiger partial charge in [0.1, 0.15) is 11.9 Å². The lowest BCUT2D eigenvalue weighted by Gasteiger charge is -2.34. The average Bonchev–Trinajstić information content (AvgIpc) is 2.40. The smallest absolute Gasteiger partial charge is 0.123 e. The van der Waals surface area contributed by atoms with Crippen molar-refractivity contribution in [1.29, 1.82) is 5.26 Å². The summed E-state index contributed by atoms with van der Waals surface area (Å²) < 4.78 is 13.2. The van der Waals surface area contributed by atoms with Crippen LogP contribution in [0.2, 0.25) is 0 Å². The molecule has 2 rings (SSSR count). The summed E-state index contributed by atoms with van der Waals surface area (Å²) in [5, 5.41) is 9.36. The molecule has 0 N–H and O–H groups in total. The van der Waals surface area contributed by atoms with Crippen molar-refractivity contribution in [2.24, 2.45) is 0 Å². The molecule has 1 saturated carbocycles. The van der Waals surface area contributed by atoms with Gasteiger partial charge in [0, 0.05) is 6.04 Å². The van der Waals surface area contributed by atoms with E-state index in [4.69, 9.17) is 0 Å². The Morgan fingerprint density at radius 3 is 2.67 bits per heavy atom. The summed E-state index contributed by atoms with van der Waals surface area (Å²) in [7, 11) is 1.98. The molecule has 0 radical (unpaired) electrons. The second-order valence-corrected chi connectivity index (χ2v) is 5.04. The summed E-state index contributed by atoms with van der Waals surface area (Å²) in [6.45, 7) is 0. The standard InChI is InChI=1S/C15H19FN2/c1-18(14-8-3-2-4-9-14)15(11-17)12-6-5-7-13(16)10-12/h5-7,10,14-15H,2-4,8-9H2,1H3. The van der Waals surface area contributed by atoms with Crippen LogP contribution in [0.25, 0.3) is 0 Å². The van der Waals surface area contributed by atoms with Crippen LogP contribution in [-0.2, 0) is 0 Å². The van der Waals surface area contributed by atoms with Gasteiger partial charge in [-0.1, -0.05) is 31.4 Å². The van der Waals surface area contributed by atoms with Crippen molar-refractivity contribution in [3.8, 4) is 6.07 Å². The van der Waals surface area contributed by atoms with E-state index in [1.807, 2.05) is 13.1 Å². The summed E-state index contributed by atoms with van der Waals surface area (Å²) >= 11 is 0. The number of rotatable bonds is 3. The molecular formula is C15H19FN2. The molecule has 18 heavy (non-hydrogen) atoms. The first kappa shape index (κ1) is 13.0. The molecule has 1 unspecified atom stereocenters. The van der Waals surface area contributed by atoms with E-state index in [2.05, 4.69) is 11.0 Å². The third kappa shape index (κ3) is 2.88. The lowest BCUT2D eigenvalue weighted by atomic mass is 9.92. The number of hydrogen-bond donors (Lipinski definition) is 0. The molecule has 0 aromatic heterocycles. The topological polar surface area (TPSA) is 27.0 Å². The lowest BCUT2D eigenvalue weighted by molar-refractivity contribution is 0.164. The SMILES string of the molecule is CN(C1CCCCC1)C(C#N)c1cccc(F)c1. The molecule has 2 nitrogen and oxygen atoms in total. The highest BCUT2D eigenvalue weighted by molar-refractivity contribution is 5.25. The van der Waals surface area contributed by atoms with Crippen molar-refractivity contribution < 1.29 is 4.39 Å². The van der Waals surface area contributed by atoms with E-state index >= 15 is 0 Å². The molecule has 1 aliphatic carbocycles. The first-order valence-electron chi connectivity index (χ1n) is 6.59. The van der Waals surface area contributed by atoms with Gasteiger partial charge < -0.3 is 0 Å². The summed E-state index contributed by atoms with van der Waals surface area (Å²) in [6.07, 6.45) is 6.04. The highest BCUT2D eigenvalue weighted by Gasteiger charge is 2.25. The van der Waals surface area contributed by atoms with Crippen molar-refractivity contribution in [3.63, 3.8) is 0 Å². The Kier molecular flexibility index (Phi) is 4.33. The second-order valence-electron chi connectivity index (χ2n) is 5.04. The second kappa shape index (κ2) is 5.97. The van der Waals surface area contributed by atoms with Gasteiger partial charge in [-0.2, -0.15) is 5.26 Å². The zero-order valence-corrected chi connectivity index (χ0v) is 10.8. The zero-order valence-electron chi connectivity index (χ0n) is 10.8. The van der Waals surface area contributed by atoms with Crippen LogP contribution in [-0.4, -0.2) is 18.0 Å². The van der Waals surface area contributed by atoms with Crippen LogP contribution < -0.4 is 0 Å². The molecule has 0 spiro atoms. The normalized spacial score (nSPS) is 18.6. The van der Waals surface area contributed by atoms with E-state index in [0.29, 0.717) is 6.04 Å². The molecule has 0 aliphatic heterocycles. The molecule has 1 fully saturated rings. The summed E-state index contributed by atoms with van der Waals surface area (Å²) in [5.74, 6) is -0.273. The minimum absolute atomic E-state index is 0.273. The number of nitrogens with zero attached hydrogens (tertiary/aromatic N) is 2. The van der Waals surface area contributed by atoms with E-state index in [-0.39, 0.29) is 11.9 Å². The largest absolute Gasteiger partial charge is 0.284 e. The van der Waals surface area contributed by atoms with Crippen molar-refractivity contribution >= 4 is 0 Å². The molecular weight excluding hydrogens is 227 g/mol. The van der Waals surface area contributed by atoms with Crippen molar-refractivity contribution in [2.45, 2.75) is 44.2 Å². The van der Waals surface area contributed by atoms with E-state index in [9.17, 15) is 9.65 Å². The van der Waals surface area contributed by atoms with E-state index < -0.39 is 0 Å². The van der Waals surface area contributed by atoms with Crippen LogP contribution in [0.15, 0.2) is 24.3 Å². The number of halogens is 1. The van der Waals surface area contributed by atoms with Gasteiger partial charge in [0.2, 0.25) is 0 Å². The van der Waals surface area contributed by atoms with E-state index in [1.165, 1.54) is 31.4 Å². The van der Waals surface area contributed by atoms with Gasteiger partial charge in [-0.15, -0.1) is 0 Å². The van der Waals surface area contributed by atoms with E-state index in [1.54, 1.807) is 6.07 Å². The van der Waals surface area contributed by atoms with Gasteiger partial charge >= 0.3 is 0 Å². The fraction of sp³-hybridized carbons (Fsp3) is 0.533. The maximum atomic E-state index is 13.2. The fourth-order valence-corrected chi connectivity index (χ4v) is 2.78. The first-order valence-corrected chi connectivity index (χ1v) is 6.59. The maximum absolute atomic E-state index is 13.2. The minimum Gasteiger partial charge on any atom is -0.284 e. The van der Waals surface area contributed by atoms with Gasteiger partial charge in [-0.3, -0.25) is 4.90 Å². The van der Waals surface area contributed by atoms with E-state index in [0.717, 1.165) is 18.4 Å². The molecule has 0 bridgehead atoms. The van der Waals surface area contributed by atoms with Crippen LogP contribution in [0.3, 0.4) is 0 Å². The molecule has 1 atom stereocenters. The highest BCUT2D eigenvalue weighted by atomic mass is 19.1. The molecule has 0 amide bonds. The van der Waals surface area contributed by atoms with Crippen LogP contribution in [0.4, 0.5) is 4.39 Å². The van der Waals surface area contributed by atoms with Gasteiger partial charge in [-0.25, -0.2) is 4.39 Å². The number of hydrogen-bond acceptors (Lipinski definition) is 2. The Labute approximate surface area is 108 Å². The number of benzene rings is 1. The van der Waals surface area contributed by atoms with Crippen LogP contribution >= 0.6 is 0 Å². The van der Waals surface area contributed by atoms with Gasteiger partial charge in [0.05, 0.1) is 6.07 Å². The average molecular weight is 246 g/mol. The Hall–Kier alpha value is -1.40. The van der Waals surface area contributed by atoms with Crippen molar-refractivity contribution in [3.05, 3.63) is 35.6 Å². The molecule has 0 heterocycles. The monoisotopic (exact) mass is 246 g/mol. The van der Waals surface area contributed by atoms with Gasteiger partial charge in [-0.05, 0) is 37.6 Å². The minimum atomic E-state index is -0.344. The third-order valence-electron chi connectivity index (χ3n) is 3.84. The predicted octanol–water partition coefficient (Wildman–Crippen LogP) is 3.65. The van der Waals surface area contributed by atoms with Crippen LogP contribution in [0, 0.1) is 17.1 Å². The lowest BCUT2D eigenvalue weighted by Crippen LogP contribution is -2.36. The highest BCUT2D eigenvalue weighted by Crippen LogP contribution is 2.28. The molecule has 0 saturated heterocycles. The van der Waals surface area contributed by atoms with Crippen LogP contribution in [0.1, 0.15) is 43.7 Å². The third-order valence-corrected chi connectivity index (χ3v) is 3.84. The summed E-state index contributed by atoms with van der Waals surface area (Å²) in [4.78, 5) is 2.11. The molecule has 96 valence electrons. The fourth-order valence-electron chi connectivity index (χ4n) is 2.78.